The quantitative estimate of drug-likeness (QED) is 0.824. The van der Waals surface area contributed by atoms with Crippen molar-refractivity contribution in [1.29, 1.82) is 0 Å². The molecule has 104 valence electrons. The van der Waals surface area contributed by atoms with E-state index in [4.69, 9.17) is 9.84 Å². The van der Waals surface area contributed by atoms with Gasteiger partial charge in [-0.1, -0.05) is 19.9 Å². The molecule has 0 bridgehead atoms. The average Bonchev–Trinajstić information content (AvgIpc) is 2.37. The summed E-state index contributed by atoms with van der Waals surface area (Å²) in [7, 11) is 1.53. The zero-order chi connectivity index (χ0) is 14.4. The van der Waals surface area contributed by atoms with E-state index in [-0.39, 0.29) is 18.2 Å². The first kappa shape index (κ1) is 15.0. The van der Waals surface area contributed by atoms with Crippen LogP contribution in [-0.2, 0) is 4.79 Å². The van der Waals surface area contributed by atoms with Crippen LogP contribution in [-0.4, -0.2) is 30.1 Å². The number of ether oxygens (including phenoxy) is 1. The summed E-state index contributed by atoms with van der Waals surface area (Å²) in [5.74, 6) is -0.582. The summed E-state index contributed by atoms with van der Waals surface area (Å²) in [6.45, 7) is 3.75. The van der Waals surface area contributed by atoms with Gasteiger partial charge in [0.2, 0.25) is 0 Å². The van der Waals surface area contributed by atoms with E-state index in [2.05, 4.69) is 5.32 Å². The second kappa shape index (κ2) is 6.78. The van der Waals surface area contributed by atoms with Crippen LogP contribution >= 0.6 is 0 Å². The van der Waals surface area contributed by atoms with Crippen LogP contribution < -0.4 is 10.1 Å². The van der Waals surface area contributed by atoms with E-state index in [9.17, 15) is 9.59 Å². The number of carboxylic acid groups (broad SMARTS) is 1. The minimum atomic E-state index is -0.926. The van der Waals surface area contributed by atoms with Gasteiger partial charge in [0.15, 0.2) is 0 Å². The second-order valence-electron chi connectivity index (χ2n) is 4.65. The molecule has 0 saturated heterocycles. The lowest BCUT2D eigenvalue weighted by Gasteiger charge is -2.20. The highest BCUT2D eigenvalue weighted by Crippen LogP contribution is 2.14. The molecule has 1 rings (SSSR count). The number of methoxy groups -OCH3 is 1. The third-order valence-electron chi connectivity index (χ3n) is 2.85. The van der Waals surface area contributed by atoms with E-state index < -0.39 is 12.0 Å². The van der Waals surface area contributed by atoms with Crippen molar-refractivity contribution < 1.29 is 19.4 Å². The summed E-state index contributed by atoms with van der Waals surface area (Å²) in [6.07, 6.45) is -0.0899. The molecule has 1 atom stereocenters. The van der Waals surface area contributed by atoms with Gasteiger partial charge in [0.25, 0.3) is 5.91 Å². The van der Waals surface area contributed by atoms with Crippen molar-refractivity contribution in [2.75, 3.05) is 7.11 Å². The van der Waals surface area contributed by atoms with E-state index >= 15 is 0 Å². The number of hydrogen-bond acceptors (Lipinski definition) is 3. The third-order valence-corrected chi connectivity index (χ3v) is 2.85. The molecular formula is C14H19NO4. The molecule has 1 aromatic carbocycles. The molecule has 5 nitrogen and oxygen atoms in total. The maximum atomic E-state index is 12.0. The maximum Gasteiger partial charge on any atom is 0.305 e. The molecular weight excluding hydrogens is 246 g/mol. The molecule has 0 aliphatic rings. The molecule has 0 fully saturated rings. The predicted octanol–water partition coefficient (Wildman–Crippen LogP) is 1.92. The Hall–Kier alpha value is -2.04. The monoisotopic (exact) mass is 265 g/mol. The summed E-state index contributed by atoms with van der Waals surface area (Å²) < 4.78 is 5.05. The SMILES string of the molecule is COc1cccc(C(=O)NC(CC(=O)O)C(C)C)c1. The molecule has 1 aromatic rings. The van der Waals surface area contributed by atoms with Crippen LogP contribution in [0.5, 0.6) is 5.75 Å². The molecule has 1 unspecified atom stereocenters. The highest BCUT2D eigenvalue weighted by Gasteiger charge is 2.20. The Morgan fingerprint density at radius 3 is 2.58 bits per heavy atom. The first-order valence-electron chi connectivity index (χ1n) is 6.10. The van der Waals surface area contributed by atoms with Crippen LogP contribution in [0.2, 0.25) is 0 Å². The Kier molecular flexibility index (Phi) is 5.36. The van der Waals surface area contributed by atoms with Gasteiger partial charge in [-0.15, -0.1) is 0 Å². The molecule has 1 amide bonds. The van der Waals surface area contributed by atoms with Gasteiger partial charge < -0.3 is 15.2 Å². The van der Waals surface area contributed by atoms with Gasteiger partial charge in [0, 0.05) is 11.6 Å². The first-order valence-corrected chi connectivity index (χ1v) is 6.10. The Morgan fingerprint density at radius 2 is 2.05 bits per heavy atom. The summed E-state index contributed by atoms with van der Waals surface area (Å²) in [5, 5.41) is 11.6. The molecule has 2 N–H and O–H groups in total. The minimum Gasteiger partial charge on any atom is -0.497 e. The van der Waals surface area contributed by atoms with Gasteiger partial charge in [-0.05, 0) is 24.1 Å². The molecule has 0 radical (unpaired) electrons. The molecule has 0 aliphatic heterocycles. The van der Waals surface area contributed by atoms with Gasteiger partial charge in [0.1, 0.15) is 5.75 Å². The summed E-state index contributed by atoms with van der Waals surface area (Å²) in [5.41, 5.74) is 0.454. The molecule has 0 saturated carbocycles. The Bertz CT molecular complexity index is 457. The van der Waals surface area contributed by atoms with Gasteiger partial charge >= 0.3 is 5.97 Å². The van der Waals surface area contributed by atoms with E-state index in [0.29, 0.717) is 11.3 Å². The molecule has 0 aromatic heterocycles. The van der Waals surface area contributed by atoms with Crippen molar-refractivity contribution in [1.82, 2.24) is 5.32 Å². The summed E-state index contributed by atoms with van der Waals surface area (Å²) in [4.78, 5) is 22.8. The fourth-order valence-electron chi connectivity index (χ4n) is 1.66. The molecule has 5 heteroatoms. The van der Waals surface area contributed by atoms with Crippen molar-refractivity contribution in [2.24, 2.45) is 5.92 Å². The smallest absolute Gasteiger partial charge is 0.305 e. The van der Waals surface area contributed by atoms with Crippen LogP contribution in [0.15, 0.2) is 24.3 Å². The van der Waals surface area contributed by atoms with E-state index in [0.717, 1.165) is 0 Å². The van der Waals surface area contributed by atoms with Crippen LogP contribution in [0, 0.1) is 5.92 Å². The van der Waals surface area contributed by atoms with Crippen molar-refractivity contribution in [2.45, 2.75) is 26.3 Å². The fourth-order valence-corrected chi connectivity index (χ4v) is 1.66. The minimum absolute atomic E-state index is 0.0469. The lowest BCUT2D eigenvalue weighted by atomic mass is 10.0. The maximum absolute atomic E-state index is 12.0. The predicted molar refractivity (Wildman–Crippen MR) is 71.3 cm³/mol. The number of carbonyl (C=O) groups is 2. The number of nitrogens with one attached hydrogen (secondary N) is 1. The van der Waals surface area contributed by atoms with Crippen molar-refractivity contribution >= 4 is 11.9 Å². The highest BCUT2D eigenvalue weighted by molar-refractivity contribution is 5.95. The number of carboxylic acids is 1. The Balaban J connectivity index is 2.78. The molecule has 0 spiro atoms. The number of carbonyl (C=O) groups excluding carboxylic acids is 1. The zero-order valence-corrected chi connectivity index (χ0v) is 11.3. The molecule has 19 heavy (non-hydrogen) atoms. The number of benzene rings is 1. The van der Waals surface area contributed by atoms with Crippen molar-refractivity contribution in [3.63, 3.8) is 0 Å². The second-order valence-corrected chi connectivity index (χ2v) is 4.65. The zero-order valence-electron chi connectivity index (χ0n) is 11.3. The topological polar surface area (TPSA) is 75.6 Å². The first-order chi connectivity index (χ1) is 8.93. The van der Waals surface area contributed by atoms with Gasteiger partial charge in [0.05, 0.1) is 13.5 Å². The van der Waals surface area contributed by atoms with Gasteiger partial charge in [-0.3, -0.25) is 9.59 Å². The largest absolute Gasteiger partial charge is 0.497 e. The van der Waals surface area contributed by atoms with Crippen molar-refractivity contribution in [3.05, 3.63) is 29.8 Å². The van der Waals surface area contributed by atoms with Crippen LogP contribution in [0.1, 0.15) is 30.6 Å². The van der Waals surface area contributed by atoms with Crippen molar-refractivity contribution in [3.8, 4) is 5.75 Å². The normalized spacial score (nSPS) is 12.0. The third kappa shape index (κ3) is 4.62. The molecule has 0 aliphatic carbocycles. The van der Waals surface area contributed by atoms with Crippen LogP contribution in [0.4, 0.5) is 0 Å². The van der Waals surface area contributed by atoms with Crippen LogP contribution in [0.3, 0.4) is 0 Å². The highest BCUT2D eigenvalue weighted by atomic mass is 16.5. The van der Waals surface area contributed by atoms with Gasteiger partial charge in [-0.2, -0.15) is 0 Å². The fraction of sp³-hybridized carbons (Fsp3) is 0.429. The summed E-state index contributed by atoms with van der Waals surface area (Å²) in [6, 6.07) is 6.35. The number of amides is 1. The number of hydrogen-bond donors (Lipinski definition) is 2. The Morgan fingerprint density at radius 1 is 1.37 bits per heavy atom. The Labute approximate surface area is 112 Å². The van der Waals surface area contributed by atoms with Gasteiger partial charge in [-0.25, -0.2) is 0 Å². The molecule has 0 heterocycles. The van der Waals surface area contributed by atoms with E-state index in [1.165, 1.54) is 7.11 Å². The average molecular weight is 265 g/mol. The number of rotatable bonds is 6. The lowest BCUT2D eigenvalue weighted by molar-refractivity contribution is -0.137. The standard InChI is InChI=1S/C14H19NO4/c1-9(2)12(8-13(16)17)15-14(18)10-5-4-6-11(7-10)19-3/h4-7,9,12H,8H2,1-3H3,(H,15,18)(H,16,17). The lowest BCUT2D eigenvalue weighted by Crippen LogP contribution is -2.40. The summed E-state index contributed by atoms with van der Waals surface area (Å²) >= 11 is 0. The van der Waals surface area contributed by atoms with E-state index in [1.807, 2.05) is 13.8 Å². The number of aliphatic carboxylic acids is 1. The van der Waals surface area contributed by atoms with E-state index in [1.54, 1.807) is 24.3 Å². The van der Waals surface area contributed by atoms with Crippen LogP contribution in [0.25, 0.3) is 0 Å².